The summed E-state index contributed by atoms with van der Waals surface area (Å²) in [6, 6.07) is 11.6. The molecule has 0 amide bonds. The average molecular weight is 448 g/mol. The summed E-state index contributed by atoms with van der Waals surface area (Å²) in [5.41, 5.74) is 8.02. The van der Waals surface area contributed by atoms with Crippen LogP contribution in [0.25, 0.3) is 11.1 Å². The minimum absolute atomic E-state index is 0.142. The third kappa shape index (κ3) is 5.62. The highest BCUT2D eigenvalue weighted by Gasteiger charge is 2.19. The van der Waals surface area contributed by atoms with Crippen molar-refractivity contribution < 1.29 is 14.2 Å². The predicted molar refractivity (Wildman–Crippen MR) is 131 cm³/mol. The van der Waals surface area contributed by atoms with Gasteiger partial charge < -0.3 is 9.84 Å². The lowest BCUT2D eigenvalue weighted by Gasteiger charge is -2.18. The molecule has 0 fully saturated rings. The molecule has 1 atom stereocenters. The molecule has 33 heavy (non-hydrogen) atoms. The summed E-state index contributed by atoms with van der Waals surface area (Å²) in [5.74, 6) is 0.918. The Morgan fingerprint density at radius 1 is 1.06 bits per heavy atom. The van der Waals surface area contributed by atoms with E-state index in [1.807, 2.05) is 38.2 Å². The highest BCUT2D eigenvalue weighted by Crippen LogP contribution is 2.32. The van der Waals surface area contributed by atoms with Gasteiger partial charge in [-0.2, -0.15) is 0 Å². The van der Waals surface area contributed by atoms with Crippen molar-refractivity contribution in [3.63, 3.8) is 0 Å². The van der Waals surface area contributed by atoms with Crippen LogP contribution >= 0.6 is 0 Å². The molecule has 4 heteroatoms. The highest BCUT2D eigenvalue weighted by molar-refractivity contribution is 5.72. The first-order valence-electron chi connectivity index (χ1n) is 11.8. The molecule has 174 valence electrons. The van der Waals surface area contributed by atoms with Gasteiger partial charge in [-0.15, -0.1) is 0 Å². The van der Waals surface area contributed by atoms with Crippen LogP contribution in [0.2, 0.25) is 0 Å². The molecular formula is C29H34FNO2. The van der Waals surface area contributed by atoms with E-state index in [0.717, 1.165) is 41.5 Å². The molecule has 0 saturated carbocycles. The third-order valence-electron chi connectivity index (χ3n) is 6.52. The number of aliphatic hydroxyl groups is 1. The molecule has 0 bridgehead atoms. The quantitative estimate of drug-likeness (QED) is 0.448. The summed E-state index contributed by atoms with van der Waals surface area (Å²) >= 11 is 0. The lowest BCUT2D eigenvalue weighted by Crippen LogP contribution is -2.19. The molecule has 1 aliphatic rings. The maximum absolute atomic E-state index is 14.6. The molecule has 0 aliphatic heterocycles. The van der Waals surface area contributed by atoms with Crippen molar-refractivity contribution in [2.45, 2.75) is 72.5 Å². The Balaban J connectivity index is 1.53. The van der Waals surface area contributed by atoms with Gasteiger partial charge in [0.25, 0.3) is 0 Å². The summed E-state index contributed by atoms with van der Waals surface area (Å²) in [6.07, 6.45) is 5.53. The van der Waals surface area contributed by atoms with Gasteiger partial charge in [-0.1, -0.05) is 25.1 Å². The fourth-order valence-electron chi connectivity index (χ4n) is 4.87. The Kier molecular flexibility index (Phi) is 6.58. The fourth-order valence-corrected chi connectivity index (χ4v) is 4.87. The van der Waals surface area contributed by atoms with E-state index in [9.17, 15) is 9.50 Å². The number of benzene rings is 2. The van der Waals surface area contributed by atoms with Gasteiger partial charge in [-0.25, -0.2) is 9.37 Å². The van der Waals surface area contributed by atoms with Crippen LogP contribution in [0.4, 0.5) is 4.39 Å². The Morgan fingerprint density at radius 3 is 2.45 bits per heavy atom. The number of nitrogens with zero attached hydrogens (tertiary/aromatic N) is 1. The minimum atomic E-state index is -0.682. The average Bonchev–Trinajstić information content (AvgIpc) is 3.10. The lowest BCUT2D eigenvalue weighted by atomic mass is 9.90. The molecule has 1 unspecified atom stereocenters. The molecule has 4 rings (SSSR count). The zero-order valence-corrected chi connectivity index (χ0v) is 20.3. The van der Waals surface area contributed by atoms with Gasteiger partial charge in [0.2, 0.25) is 5.88 Å². The number of halogens is 1. The van der Waals surface area contributed by atoms with Gasteiger partial charge in [0, 0.05) is 17.8 Å². The third-order valence-corrected chi connectivity index (χ3v) is 6.52. The standard InChI is InChI=1S/C29H34FNO2/c1-18-10-23-15-27(31-16-24(23)11-18)33-17-25-14-22(6-7-26(25)30)28-19(2)12-21(13-20(28)3)8-9-29(4,5)32/h6-7,12-16,18,32H,8-11,17H2,1-5H3. The number of hydrogen-bond donors (Lipinski definition) is 1. The first-order chi connectivity index (χ1) is 15.6. The van der Waals surface area contributed by atoms with Crippen LogP contribution in [0.15, 0.2) is 42.6 Å². The lowest BCUT2D eigenvalue weighted by molar-refractivity contribution is 0.0714. The van der Waals surface area contributed by atoms with E-state index in [4.69, 9.17) is 4.74 Å². The van der Waals surface area contributed by atoms with E-state index in [2.05, 4.69) is 37.9 Å². The SMILES string of the molecule is Cc1cc(CCC(C)(C)O)cc(C)c1-c1ccc(F)c(COc2cc3c(cn2)CC(C)C3)c1. The van der Waals surface area contributed by atoms with Gasteiger partial charge in [-0.3, -0.25) is 0 Å². The second-order valence-electron chi connectivity index (χ2n) is 10.3. The monoisotopic (exact) mass is 447 g/mol. The Morgan fingerprint density at radius 2 is 1.76 bits per heavy atom. The second kappa shape index (κ2) is 9.26. The van der Waals surface area contributed by atoms with Crippen LogP contribution in [0.5, 0.6) is 5.88 Å². The number of rotatable bonds is 7. The highest BCUT2D eigenvalue weighted by atomic mass is 19.1. The van der Waals surface area contributed by atoms with E-state index < -0.39 is 5.60 Å². The first-order valence-corrected chi connectivity index (χ1v) is 11.8. The van der Waals surface area contributed by atoms with Crippen molar-refractivity contribution in [2.24, 2.45) is 5.92 Å². The Labute approximate surface area is 196 Å². The molecule has 0 saturated heterocycles. The molecular weight excluding hydrogens is 413 g/mol. The van der Waals surface area contributed by atoms with Crippen molar-refractivity contribution in [3.05, 3.63) is 81.8 Å². The predicted octanol–water partition coefficient (Wildman–Crippen LogP) is 6.52. The smallest absolute Gasteiger partial charge is 0.213 e. The topological polar surface area (TPSA) is 42.4 Å². The zero-order valence-electron chi connectivity index (χ0n) is 20.3. The van der Waals surface area contributed by atoms with Gasteiger partial charge in [-0.05, 0) is 110 Å². The molecule has 3 aromatic rings. The first kappa shape index (κ1) is 23.4. The summed E-state index contributed by atoms with van der Waals surface area (Å²) in [5, 5.41) is 10.0. The number of ether oxygens (including phenoxy) is 1. The number of aromatic nitrogens is 1. The number of pyridine rings is 1. The molecule has 1 aliphatic carbocycles. The van der Waals surface area contributed by atoms with E-state index in [0.29, 0.717) is 23.8 Å². The van der Waals surface area contributed by atoms with Gasteiger partial charge >= 0.3 is 0 Å². The van der Waals surface area contributed by atoms with Crippen LogP contribution < -0.4 is 4.74 Å². The van der Waals surface area contributed by atoms with E-state index in [1.165, 1.54) is 22.8 Å². The van der Waals surface area contributed by atoms with Crippen LogP contribution in [-0.2, 0) is 25.9 Å². The number of aryl methyl sites for hydroxylation is 3. The van der Waals surface area contributed by atoms with Crippen molar-refractivity contribution in [1.29, 1.82) is 0 Å². The van der Waals surface area contributed by atoms with Crippen LogP contribution in [0.1, 0.15) is 60.6 Å². The molecule has 0 radical (unpaired) electrons. The summed E-state index contributed by atoms with van der Waals surface area (Å²) < 4.78 is 20.5. The fraction of sp³-hybridized carbons (Fsp3) is 0.414. The normalized spacial score (nSPS) is 15.5. The van der Waals surface area contributed by atoms with Crippen LogP contribution in [0.3, 0.4) is 0 Å². The van der Waals surface area contributed by atoms with Crippen molar-refractivity contribution >= 4 is 0 Å². The number of fused-ring (bicyclic) bond motifs is 1. The zero-order chi connectivity index (χ0) is 23.8. The Hall–Kier alpha value is -2.72. The molecule has 1 heterocycles. The maximum atomic E-state index is 14.6. The van der Waals surface area contributed by atoms with Crippen LogP contribution in [-0.4, -0.2) is 15.7 Å². The van der Waals surface area contributed by atoms with Gasteiger partial charge in [0.15, 0.2) is 0 Å². The maximum Gasteiger partial charge on any atom is 0.213 e. The molecule has 0 spiro atoms. The molecule has 2 aromatic carbocycles. The van der Waals surface area contributed by atoms with Crippen molar-refractivity contribution in [1.82, 2.24) is 4.98 Å². The molecule has 1 N–H and O–H groups in total. The van der Waals surface area contributed by atoms with Crippen molar-refractivity contribution in [2.75, 3.05) is 0 Å². The van der Waals surface area contributed by atoms with Gasteiger partial charge in [0.1, 0.15) is 12.4 Å². The van der Waals surface area contributed by atoms with E-state index >= 15 is 0 Å². The minimum Gasteiger partial charge on any atom is -0.473 e. The molecule has 3 nitrogen and oxygen atoms in total. The summed E-state index contributed by atoms with van der Waals surface area (Å²) in [4.78, 5) is 4.42. The summed E-state index contributed by atoms with van der Waals surface area (Å²) in [7, 11) is 0. The number of hydrogen-bond acceptors (Lipinski definition) is 3. The second-order valence-corrected chi connectivity index (χ2v) is 10.3. The largest absolute Gasteiger partial charge is 0.473 e. The molecule has 1 aromatic heterocycles. The van der Waals surface area contributed by atoms with E-state index in [-0.39, 0.29) is 12.4 Å². The van der Waals surface area contributed by atoms with Crippen molar-refractivity contribution in [3.8, 4) is 17.0 Å². The summed E-state index contributed by atoms with van der Waals surface area (Å²) in [6.45, 7) is 10.2. The van der Waals surface area contributed by atoms with Crippen LogP contribution in [0, 0.1) is 25.6 Å². The van der Waals surface area contributed by atoms with E-state index in [1.54, 1.807) is 0 Å². The Bertz CT molecular complexity index is 1140. The van der Waals surface area contributed by atoms with Gasteiger partial charge in [0.05, 0.1) is 5.60 Å².